The van der Waals surface area contributed by atoms with Crippen LogP contribution in [-0.2, 0) is 11.5 Å². The molecule has 2 aromatic heterocycles. The Labute approximate surface area is 109 Å². The predicted octanol–water partition coefficient (Wildman–Crippen LogP) is 1.68. The second kappa shape index (κ2) is 5.16. The summed E-state index contributed by atoms with van der Waals surface area (Å²) in [6.07, 6.45) is 10.4. The van der Waals surface area contributed by atoms with Crippen LogP contribution in [0.1, 0.15) is 0 Å². The molecule has 0 amide bonds. The van der Waals surface area contributed by atoms with Gasteiger partial charge in [-0.1, -0.05) is 0 Å². The Balaban J connectivity index is 1.96. The van der Waals surface area contributed by atoms with Crippen molar-refractivity contribution in [2.75, 3.05) is 36.9 Å². The number of anilines is 1. The molecule has 0 saturated heterocycles. The zero-order chi connectivity index (χ0) is 13.2. The van der Waals surface area contributed by atoms with Crippen molar-refractivity contribution in [3.05, 3.63) is 18.5 Å². The summed E-state index contributed by atoms with van der Waals surface area (Å²) < 4.78 is 7.62. The van der Waals surface area contributed by atoms with Crippen LogP contribution in [0, 0.1) is 0 Å². The van der Waals surface area contributed by atoms with Gasteiger partial charge < -0.3 is 15.0 Å². The van der Waals surface area contributed by atoms with Gasteiger partial charge in [0.1, 0.15) is 18.1 Å². The van der Waals surface area contributed by atoms with Crippen LogP contribution in [0.3, 0.4) is 0 Å². The van der Waals surface area contributed by atoms with Gasteiger partial charge in [0.15, 0.2) is 5.65 Å². The average Bonchev–Trinajstić information content (AvgIpc) is 2.65. The average molecular weight is 268 g/mol. The fraction of sp³-hybridized carbons (Fsp3) is 0.500. The lowest BCUT2D eigenvalue weighted by Crippen LogP contribution is -2.09. The van der Waals surface area contributed by atoms with E-state index in [9.17, 15) is 0 Å². The van der Waals surface area contributed by atoms with Gasteiger partial charge >= 0.3 is 0 Å². The maximum atomic E-state index is 5.68. The van der Waals surface area contributed by atoms with Crippen LogP contribution < -0.4 is 5.73 Å². The van der Waals surface area contributed by atoms with Crippen molar-refractivity contribution < 1.29 is 4.74 Å². The minimum absolute atomic E-state index is 0.442. The number of hydrogen-bond acceptors (Lipinski definition) is 4. The van der Waals surface area contributed by atoms with Crippen molar-refractivity contribution in [3.8, 4) is 0 Å². The van der Waals surface area contributed by atoms with Gasteiger partial charge in [-0.15, -0.1) is 0 Å². The molecule has 2 heterocycles. The van der Waals surface area contributed by atoms with Crippen LogP contribution in [-0.4, -0.2) is 45.7 Å². The lowest BCUT2D eigenvalue weighted by atomic mass is 10.5. The maximum Gasteiger partial charge on any atom is 0.160 e. The summed E-state index contributed by atoms with van der Waals surface area (Å²) in [7, 11) is -0.492. The first kappa shape index (κ1) is 13.2. The number of nitrogen functional groups attached to an aromatic ring is 1. The molecule has 0 bridgehead atoms. The summed E-state index contributed by atoms with van der Waals surface area (Å²) in [5.41, 5.74) is 7.21. The number of fused-ring (bicyclic) bond motifs is 1. The Morgan fingerprint density at radius 2 is 2.17 bits per heavy atom. The Morgan fingerprint density at radius 1 is 1.39 bits per heavy atom. The molecule has 0 aliphatic heterocycles. The molecule has 0 saturated carbocycles. The van der Waals surface area contributed by atoms with Crippen molar-refractivity contribution >= 4 is 27.0 Å². The van der Waals surface area contributed by atoms with E-state index in [1.165, 1.54) is 0 Å². The molecular formula is C12H20N4OS. The number of nitrogens with zero attached hydrogens (tertiary/aromatic N) is 3. The highest BCUT2D eigenvalue weighted by atomic mass is 32.3. The molecular weight excluding hydrogens is 248 g/mol. The second-order valence-electron chi connectivity index (χ2n) is 5.12. The zero-order valence-corrected chi connectivity index (χ0v) is 11.9. The monoisotopic (exact) mass is 268 g/mol. The fourth-order valence-electron chi connectivity index (χ4n) is 1.55. The summed E-state index contributed by atoms with van der Waals surface area (Å²) in [5, 5.41) is 0. The fourth-order valence-corrected chi connectivity index (χ4v) is 2.17. The van der Waals surface area contributed by atoms with Gasteiger partial charge in [0.25, 0.3) is 0 Å². The Bertz CT molecular complexity index is 532. The van der Waals surface area contributed by atoms with E-state index in [1.54, 1.807) is 6.20 Å². The third-order valence-electron chi connectivity index (χ3n) is 2.55. The molecule has 2 N–H and O–H groups in total. The van der Waals surface area contributed by atoms with Crippen molar-refractivity contribution in [2.24, 2.45) is 0 Å². The molecule has 2 aromatic rings. The Morgan fingerprint density at radius 3 is 2.89 bits per heavy atom. The van der Waals surface area contributed by atoms with Gasteiger partial charge in [-0.25, -0.2) is 20.0 Å². The molecule has 0 fully saturated rings. The molecule has 0 aliphatic rings. The molecule has 2 rings (SSSR count). The Hall–Kier alpha value is -1.27. The van der Waals surface area contributed by atoms with E-state index in [1.807, 2.05) is 16.8 Å². The summed E-state index contributed by atoms with van der Waals surface area (Å²) >= 11 is 0. The summed E-state index contributed by atoms with van der Waals surface area (Å²) in [6, 6.07) is 1.90. The molecule has 18 heavy (non-hydrogen) atoms. The maximum absolute atomic E-state index is 5.68. The number of ether oxygens (including phenoxy) is 1. The summed E-state index contributed by atoms with van der Waals surface area (Å²) in [5.74, 6) is 1.56. The smallest absolute Gasteiger partial charge is 0.160 e. The molecule has 100 valence electrons. The van der Waals surface area contributed by atoms with Gasteiger partial charge in [-0.2, -0.15) is 0 Å². The third kappa shape index (κ3) is 3.36. The summed E-state index contributed by atoms with van der Waals surface area (Å²) in [6.45, 7) is 1.29. The van der Waals surface area contributed by atoms with E-state index in [-0.39, 0.29) is 0 Å². The number of nitrogens with two attached hydrogens (primary N) is 1. The number of aromatic nitrogens is 3. The molecule has 0 aliphatic carbocycles. The van der Waals surface area contributed by atoms with Gasteiger partial charge in [0.2, 0.25) is 0 Å². The second-order valence-corrected chi connectivity index (χ2v) is 9.71. The number of rotatable bonds is 5. The van der Waals surface area contributed by atoms with Crippen LogP contribution >= 0.6 is 10.0 Å². The molecule has 0 spiro atoms. The lowest BCUT2D eigenvalue weighted by Gasteiger charge is -2.24. The highest BCUT2D eigenvalue weighted by Gasteiger charge is 2.06. The van der Waals surface area contributed by atoms with Crippen molar-refractivity contribution in [2.45, 2.75) is 6.73 Å². The highest BCUT2D eigenvalue weighted by molar-refractivity contribution is 8.32. The first-order valence-corrected chi connectivity index (χ1v) is 8.79. The van der Waals surface area contributed by atoms with Crippen LogP contribution in [0.2, 0.25) is 0 Å². The van der Waals surface area contributed by atoms with Gasteiger partial charge in [0, 0.05) is 11.9 Å². The van der Waals surface area contributed by atoms with Crippen LogP contribution in [0.15, 0.2) is 18.5 Å². The topological polar surface area (TPSA) is 66.0 Å². The van der Waals surface area contributed by atoms with E-state index >= 15 is 0 Å². The predicted molar refractivity (Wildman–Crippen MR) is 78.1 cm³/mol. The van der Waals surface area contributed by atoms with E-state index in [2.05, 4.69) is 28.7 Å². The van der Waals surface area contributed by atoms with E-state index in [0.717, 1.165) is 23.5 Å². The minimum atomic E-state index is -0.492. The van der Waals surface area contributed by atoms with E-state index in [0.29, 0.717) is 12.5 Å². The molecule has 0 radical (unpaired) electrons. The normalized spacial score (nSPS) is 13.1. The largest absolute Gasteiger partial charge is 0.382 e. The first-order chi connectivity index (χ1) is 8.46. The van der Waals surface area contributed by atoms with Crippen molar-refractivity contribution in [1.82, 2.24) is 14.5 Å². The van der Waals surface area contributed by atoms with Crippen LogP contribution in [0.5, 0.6) is 0 Å². The lowest BCUT2D eigenvalue weighted by molar-refractivity contribution is 0.0923. The quantitative estimate of drug-likeness (QED) is 0.838. The molecule has 5 nitrogen and oxygen atoms in total. The Kier molecular flexibility index (Phi) is 3.77. The van der Waals surface area contributed by atoms with Gasteiger partial charge in [-0.3, -0.25) is 0 Å². The van der Waals surface area contributed by atoms with Gasteiger partial charge in [-0.05, 0) is 24.8 Å². The van der Waals surface area contributed by atoms with E-state index < -0.39 is 10.0 Å². The van der Waals surface area contributed by atoms with Crippen LogP contribution in [0.4, 0.5) is 5.82 Å². The van der Waals surface area contributed by atoms with Crippen molar-refractivity contribution in [1.29, 1.82) is 0 Å². The summed E-state index contributed by atoms with van der Waals surface area (Å²) in [4.78, 5) is 8.48. The molecule has 0 aromatic carbocycles. The van der Waals surface area contributed by atoms with Crippen LogP contribution in [0.25, 0.3) is 11.2 Å². The minimum Gasteiger partial charge on any atom is -0.382 e. The third-order valence-corrected chi connectivity index (χ3v) is 3.94. The van der Waals surface area contributed by atoms with Gasteiger partial charge in [0.05, 0.1) is 12.8 Å². The standard InChI is InChI=1S/C12H20N4OS/c1-18(2,3)7-6-17-9-16-5-4-10-12(16)14-8-11(13)15-10/h4-5,8H,6-7,9H2,1-3H3,(H2,13,15). The number of hydrogen-bond donors (Lipinski definition) is 1. The first-order valence-electron chi connectivity index (χ1n) is 5.77. The highest BCUT2D eigenvalue weighted by Crippen LogP contribution is 2.33. The SMILES string of the molecule is CS(C)(C)CCOCn1ccc2nc(N)cnc21. The molecule has 0 atom stereocenters. The van der Waals surface area contributed by atoms with E-state index in [4.69, 9.17) is 10.5 Å². The molecule has 6 heteroatoms. The molecule has 0 unspecified atom stereocenters. The zero-order valence-electron chi connectivity index (χ0n) is 11.1. The van der Waals surface area contributed by atoms with Crippen molar-refractivity contribution in [3.63, 3.8) is 0 Å².